The second-order valence-corrected chi connectivity index (χ2v) is 4.56. The van der Waals surface area contributed by atoms with Crippen LogP contribution >= 0.6 is 11.8 Å². The largest absolute Gasteiger partial charge is 0.288 e. The maximum absolute atomic E-state index is 13.5. The minimum absolute atomic E-state index is 0.117. The van der Waals surface area contributed by atoms with E-state index in [4.69, 9.17) is 0 Å². The second-order valence-electron chi connectivity index (χ2n) is 3.68. The van der Waals surface area contributed by atoms with Gasteiger partial charge in [0.1, 0.15) is 11.6 Å². The van der Waals surface area contributed by atoms with Crippen LogP contribution in [0, 0.1) is 11.6 Å². The number of carbonyl (C=O) groups excluding carboxylic acids is 1. The molecule has 0 heterocycles. The van der Waals surface area contributed by atoms with Gasteiger partial charge in [-0.25, -0.2) is 8.78 Å². The third-order valence-electron chi connectivity index (χ3n) is 2.53. The van der Waals surface area contributed by atoms with E-state index in [9.17, 15) is 13.6 Å². The van der Waals surface area contributed by atoms with Crippen LogP contribution in [0.1, 0.15) is 15.9 Å². The van der Waals surface area contributed by atoms with E-state index in [1.165, 1.54) is 0 Å². The molecule has 0 spiro atoms. The van der Waals surface area contributed by atoms with Crippen LogP contribution in [0.15, 0.2) is 47.4 Å². The standard InChI is InChI=1S/C14H10F2OS/c1-18-11-5-2-9(3-6-11)14(17)12-7-4-10(15)8-13(12)16/h2-8H,1H3. The summed E-state index contributed by atoms with van der Waals surface area (Å²) in [5.74, 6) is -1.98. The van der Waals surface area contributed by atoms with Gasteiger partial charge in [-0.3, -0.25) is 4.79 Å². The number of benzene rings is 2. The first-order valence-electron chi connectivity index (χ1n) is 5.25. The van der Waals surface area contributed by atoms with Crippen molar-refractivity contribution in [3.63, 3.8) is 0 Å². The molecule has 0 aromatic heterocycles. The minimum Gasteiger partial charge on any atom is -0.288 e. The summed E-state index contributed by atoms with van der Waals surface area (Å²) in [7, 11) is 0. The SMILES string of the molecule is CSc1ccc(C(=O)c2ccc(F)cc2F)cc1. The lowest BCUT2D eigenvalue weighted by Crippen LogP contribution is -2.04. The first-order valence-corrected chi connectivity index (χ1v) is 6.48. The van der Waals surface area contributed by atoms with Gasteiger partial charge < -0.3 is 0 Å². The lowest BCUT2D eigenvalue weighted by Gasteiger charge is -2.03. The van der Waals surface area contributed by atoms with Crippen LogP contribution in [0.25, 0.3) is 0 Å². The van der Waals surface area contributed by atoms with Crippen molar-refractivity contribution in [3.8, 4) is 0 Å². The van der Waals surface area contributed by atoms with Crippen molar-refractivity contribution < 1.29 is 13.6 Å². The Balaban J connectivity index is 2.35. The lowest BCUT2D eigenvalue weighted by molar-refractivity contribution is 0.103. The average molecular weight is 264 g/mol. The zero-order valence-corrected chi connectivity index (χ0v) is 10.4. The first-order chi connectivity index (χ1) is 8.61. The van der Waals surface area contributed by atoms with E-state index < -0.39 is 17.4 Å². The zero-order chi connectivity index (χ0) is 13.1. The number of carbonyl (C=O) groups is 1. The Bertz CT molecular complexity index is 579. The van der Waals surface area contributed by atoms with Gasteiger partial charge in [0.15, 0.2) is 5.78 Å². The van der Waals surface area contributed by atoms with E-state index in [1.807, 2.05) is 6.26 Å². The van der Waals surface area contributed by atoms with Crippen molar-refractivity contribution in [2.45, 2.75) is 4.90 Å². The smallest absolute Gasteiger partial charge is 0.195 e. The highest BCUT2D eigenvalue weighted by Crippen LogP contribution is 2.18. The van der Waals surface area contributed by atoms with Crippen LogP contribution < -0.4 is 0 Å². The predicted molar refractivity (Wildman–Crippen MR) is 68.0 cm³/mol. The molecule has 0 N–H and O–H groups in total. The zero-order valence-electron chi connectivity index (χ0n) is 9.61. The molecule has 0 saturated heterocycles. The normalized spacial score (nSPS) is 10.4. The van der Waals surface area contributed by atoms with Crippen LogP contribution in [0.5, 0.6) is 0 Å². The highest BCUT2D eigenvalue weighted by atomic mass is 32.2. The van der Waals surface area contributed by atoms with Gasteiger partial charge in [0.25, 0.3) is 0 Å². The third kappa shape index (κ3) is 2.59. The fourth-order valence-corrected chi connectivity index (χ4v) is 1.98. The Morgan fingerprint density at radius 2 is 1.72 bits per heavy atom. The summed E-state index contributed by atoms with van der Waals surface area (Å²) >= 11 is 1.56. The molecule has 0 radical (unpaired) electrons. The van der Waals surface area contributed by atoms with Crippen molar-refractivity contribution in [1.29, 1.82) is 0 Å². The Labute approximate surface area is 108 Å². The number of halogens is 2. The summed E-state index contributed by atoms with van der Waals surface area (Å²) in [6, 6.07) is 9.80. The topological polar surface area (TPSA) is 17.1 Å². The fraction of sp³-hybridized carbons (Fsp3) is 0.0714. The summed E-state index contributed by atoms with van der Waals surface area (Å²) in [6.45, 7) is 0. The summed E-state index contributed by atoms with van der Waals surface area (Å²) < 4.78 is 26.2. The molecule has 2 aromatic rings. The van der Waals surface area contributed by atoms with Crippen molar-refractivity contribution in [1.82, 2.24) is 0 Å². The van der Waals surface area contributed by atoms with Gasteiger partial charge in [-0.15, -0.1) is 11.8 Å². The molecule has 18 heavy (non-hydrogen) atoms. The monoisotopic (exact) mass is 264 g/mol. The molecule has 0 atom stereocenters. The number of thioether (sulfide) groups is 1. The van der Waals surface area contributed by atoms with Crippen molar-refractivity contribution in [2.75, 3.05) is 6.26 Å². The molecular weight excluding hydrogens is 254 g/mol. The van der Waals surface area contributed by atoms with Gasteiger partial charge in [-0.2, -0.15) is 0 Å². The minimum atomic E-state index is -0.839. The predicted octanol–water partition coefficient (Wildman–Crippen LogP) is 3.92. The van der Waals surface area contributed by atoms with Gasteiger partial charge in [0.2, 0.25) is 0 Å². The van der Waals surface area contributed by atoms with E-state index in [1.54, 1.807) is 36.0 Å². The summed E-state index contributed by atoms with van der Waals surface area (Å²) in [5, 5.41) is 0. The quantitative estimate of drug-likeness (QED) is 0.617. The number of ketones is 1. The van der Waals surface area contributed by atoms with Crippen LogP contribution in [-0.4, -0.2) is 12.0 Å². The molecule has 0 aliphatic rings. The maximum atomic E-state index is 13.5. The molecule has 1 nitrogen and oxygen atoms in total. The maximum Gasteiger partial charge on any atom is 0.195 e. The first kappa shape index (κ1) is 12.8. The van der Waals surface area contributed by atoms with E-state index in [0.717, 1.165) is 17.0 Å². The Morgan fingerprint density at radius 1 is 1.06 bits per heavy atom. The molecule has 2 aromatic carbocycles. The molecule has 0 unspecified atom stereocenters. The molecule has 92 valence electrons. The third-order valence-corrected chi connectivity index (χ3v) is 3.27. The van der Waals surface area contributed by atoms with Crippen LogP contribution in [-0.2, 0) is 0 Å². The summed E-state index contributed by atoms with van der Waals surface area (Å²) in [6.07, 6.45) is 1.93. The highest BCUT2D eigenvalue weighted by molar-refractivity contribution is 7.98. The molecule has 0 amide bonds. The average Bonchev–Trinajstić information content (AvgIpc) is 2.38. The molecule has 2 rings (SSSR count). The lowest BCUT2D eigenvalue weighted by atomic mass is 10.0. The van der Waals surface area contributed by atoms with Crippen LogP contribution in [0.2, 0.25) is 0 Å². The van der Waals surface area contributed by atoms with E-state index >= 15 is 0 Å². The summed E-state index contributed by atoms with van der Waals surface area (Å²) in [4.78, 5) is 13.0. The molecular formula is C14H10F2OS. The molecule has 0 saturated carbocycles. The van der Waals surface area contributed by atoms with Gasteiger partial charge in [-0.05, 0) is 42.7 Å². The van der Waals surface area contributed by atoms with Gasteiger partial charge in [0.05, 0.1) is 5.56 Å². The number of rotatable bonds is 3. The molecule has 0 aliphatic carbocycles. The number of hydrogen-bond donors (Lipinski definition) is 0. The van der Waals surface area contributed by atoms with E-state index in [2.05, 4.69) is 0 Å². The number of hydrogen-bond acceptors (Lipinski definition) is 2. The molecule has 0 fully saturated rings. The Kier molecular flexibility index (Phi) is 3.77. The van der Waals surface area contributed by atoms with Crippen LogP contribution in [0.4, 0.5) is 8.78 Å². The Hall–Kier alpha value is -1.68. The van der Waals surface area contributed by atoms with Crippen LogP contribution in [0.3, 0.4) is 0 Å². The molecule has 0 bridgehead atoms. The second kappa shape index (κ2) is 5.31. The van der Waals surface area contributed by atoms with Crippen molar-refractivity contribution in [2.24, 2.45) is 0 Å². The highest BCUT2D eigenvalue weighted by Gasteiger charge is 2.14. The van der Waals surface area contributed by atoms with Crippen molar-refractivity contribution >= 4 is 17.5 Å². The van der Waals surface area contributed by atoms with Gasteiger partial charge in [0, 0.05) is 16.5 Å². The van der Waals surface area contributed by atoms with E-state index in [-0.39, 0.29) is 5.56 Å². The van der Waals surface area contributed by atoms with E-state index in [0.29, 0.717) is 11.6 Å². The Morgan fingerprint density at radius 3 is 2.28 bits per heavy atom. The molecule has 4 heteroatoms. The van der Waals surface area contributed by atoms with Crippen molar-refractivity contribution in [3.05, 3.63) is 65.2 Å². The molecule has 0 aliphatic heterocycles. The fourth-order valence-electron chi connectivity index (χ4n) is 1.57. The summed E-state index contributed by atoms with van der Waals surface area (Å²) in [5.41, 5.74) is 0.270. The van der Waals surface area contributed by atoms with Gasteiger partial charge >= 0.3 is 0 Å². The van der Waals surface area contributed by atoms with Gasteiger partial charge in [-0.1, -0.05) is 0 Å².